The summed E-state index contributed by atoms with van der Waals surface area (Å²) < 4.78 is 11.6. The summed E-state index contributed by atoms with van der Waals surface area (Å²) >= 11 is 9.44. The second-order valence-corrected chi connectivity index (χ2v) is 7.28. The minimum absolute atomic E-state index is 0.0273. The summed E-state index contributed by atoms with van der Waals surface area (Å²) in [5.74, 6) is 0.136. The number of anilines is 1. The number of rotatable bonds is 7. The summed E-state index contributed by atoms with van der Waals surface area (Å²) in [4.78, 5) is 24.2. The van der Waals surface area contributed by atoms with E-state index in [0.717, 1.165) is 4.47 Å². The summed E-state index contributed by atoms with van der Waals surface area (Å²) in [6, 6.07) is 9.90. The SMILES string of the molecule is COc1cc(C(=O)Nc2ccc(Br)cc2Cl)ccc1OCC(=O)NC(C)C. The van der Waals surface area contributed by atoms with Crippen LogP contribution in [0, 0.1) is 0 Å². The Hall–Kier alpha value is -2.25. The van der Waals surface area contributed by atoms with Crippen LogP contribution in [0.1, 0.15) is 24.2 Å². The Morgan fingerprint density at radius 1 is 1.15 bits per heavy atom. The van der Waals surface area contributed by atoms with E-state index in [1.54, 1.807) is 30.3 Å². The van der Waals surface area contributed by atoms with Gasteiger partial charge in [-0.15, -0.1) is 0 Å². The van der Waals surface area contributed by atoms with Crippen LogP contribution in [-0.4, -0.2) is 31.6 Å². The number of hydrogen-bond acceptors (Lipinski definition) is 4. The maximum Gasteiger partial charge on any atom is 0.258 e. The quantitative estimate of drug-likeness (QED) is 0.654. The van der Waals surface area contributed by atoms with Crippen molar-refractivity contribution >= 4 is 45.0 Å². The summed E-state index contributed by atoms with van der Waals surface area (Å²) in [5.41, 5.74) is 0.860. The van der Waals surface area contributed by atoms with Crippen LogP contribution in [0.3, 0.4) is 0 Å². The van der Waals surface area contributed by atoms with Crippen molar-refractivity contribution in [1.82, 2.24) is 5.32 Å². The summed E-state index contributed by atoms with van der Waals surface area (Å²) in [6.45, 7) is 3.59. The van der Waals surface area contributed by atoms with Crippen LogP contribution in [0.5, 0.6) is 11.5 Å². The van der Waals surface area contributed by atoms with Crippen molar-refractivity contribution in [3.05, 3.63) is 51.5 Å². The number of methoxy groups -OCH3 is 1. The van der Waals surface area contributed by atoms with Gasteiger partial charge in [0.2, 0.25) is 0 Å². The number of amides is 2. The van der Waals surface area contributed by atoms with Gasteiger partial charge >= 0.3 is 0 Å². The molecule has 0 aliphatic carbocycles. The fourth-order valence-corrected chi connectivity index (χ4v) is 2.94. The molecule has 2 N–H and O–H groups in total. The van der Waals surface area contributed by atoms with Gasteiger partial charge in [-0.05, 0) is 50.2 Å². The Kier molecular flexibility index (Phi) is 7.50. The first-order valence-electron chi connectivity index (χ1n) is 8.16. The van der Waals surface area contributed by atoms with Crippen LogP contribution in [0.15, 0.2) is 40.9 Å². The molecule has 2 rings (SSSR count). The van der Waals surface area contributed by atoms with E-state index in [2.05, 4.69) is 26.6 Å². The van der Waals surface area contributed by atoms with Crippen molar-refractivity contribution in [2.75, 3.05) is 19.0 Å². The molecule has 8 heteroatoms. The molecule has 2 aromatic rings. The molecular formula is C19H20BrClN2O4. The van der Waals surface area contributed by atoms with Crippen LogP contribution in [0.2, 0.25) is 5.02 Å². The number of nitrogens with one attached hydrogen (secondary N) is 2. The highest BCUT2D eigenvalue weighted by Gasteiger charge is 2.14. The lowest BCUT2D eigenvalue weighted by molar-refractivity contribution is -0.123. The van der Waals surface area contributed by atoms with Gasteiger partial charge in [-0.3, -0.25) is 9.59 Å². The Balaban J connectivity index is 2.10. The minimum Gasteiger partial charge on any atom is -0.493 e. The average Bonchev–Trinajstić information content (AvgIpc) is 2.61. The summed E-state index contributed by atoms with van der Waals surface area (Å²) in [7, 11) is 1.46. The van der Waals surface area contributed by atoms with Crippen LogP contribution in [0.4, 0.5) is 5.69 Å². The molecule has 0 atom stereocenters. The van der Waals surface area contributed by atoms with E-state index in [1.165, 1.54) is 13.2 Å². The second-order valence-electron chi connectivity index (χ2n) is 5.95. The molecule has 0 saturated carbocycles. The van der Waals surface area contributed by atoms with E-state index < -0.39 is 0 Å². The van der Waals surface area contributed by atoms with E-state index in [9.17, 15) is 9.59 Å². The average molecular weight is 456 g/mol. The van der Waals surface area contributed by atoms with E-state index in [-0.39, 0.29) is 24.5 Å². The zero-order chi connectivity index (χ0) is 20.0. The first kappa shape index (κ1) is 21.1. The maximum atomic E-state index is 12.5. The van der Waals surface area contributed by atoms with Gasteiger partial charge in [-0.2, -0.15) is 0 Å². The van der Waals surface area contributed by atoms with Crippen LogP contribution >= 0.6 is 27.5 Å². The smallest absolute Gasteiger partial charge is 0.258 e. The highest BCUT2D eigenvalue weighted by atomic mass is 79.9. The lowest BCUT2D eigenvalue weighted by atomic mass is 10.2. The topological polar surface area (TPSA) is 76.7 Å². The number of hydrogen-bond donors (Lipinski definition) is 2. The van der Waals surface area contributed by atoms with E-state index >= 15 is 0 Å². The zero-order valence-electron chi connectivity index (χ0n) is 15.1. The molecule has 0 aromatic heterocycles. The van der Waals surface area contributed by atoms with Crippen molar-refractivity contribution < 1.29 is 19.1 Å². The van der Waals surface area contributed by atoms with E-state index in [4.69, 9.17) is 21.1 Å². The molecule has 0 radical (unpaired) electrons. The first-order chi connectivity index (χ1) is 12.8. The molecule has 0 heterocycles. The minimum atomic E-state index is -0.346. The monoisotopic (exact) mass is 454 g/mol. The molecular weight excluding hydrogens is 436 g/mol. The standard InChI is InChI=1S/C19H20BrClN2O4/c1-11(2)22-18(24)10-27-16-7-4-12(8-17(16)26-3)19(25)23-15-6-5-13(20)9-14(15)21/h4-9,11H,10H2,1-3H3,(H,22,24)(H,23,25). The molecule has 0 aliphatic heterocycles. The second kappa shape index (κ2) is 9.62. The molecule has 0 unspecified atom stereocenters. The lowest BCUT2D eigenvalue weighted by Crippen LogP contribution is -2.34. The molecule has 0 saturated heterocycles. The predicted octanol–water partition coefficient (Wildman–Crippen LogP) is 4.27. The van der Waals surface area contributed by atoms with Crippen LogP contribution < -0.4 is 20.1 Å². The van der Waals surface area contributed by atoms with Crippen molar-refractivity contribution in [3.63, 3.8) is 0 Å². The number of benzene rings is 2. The maximum absolute atomic E-state index is 12.5. The lowest BCUT2D eigenvalue weighted by Gasteiger charge is -2.13. The molecule has 2 amide bonds. The molecule has 144 valence electrons. The largest absolute Gasteiger partial charge is 0.493 e. The Morgan fingerprint density at radius 3 is 2.52 bits per heavy atom. The fourth-order valence-electron chi connectivity index (χ4n) is 2.22. The molecule has 0 bridgehead atoms. The molecule has 2 aromatic carbocycles. The van der Waals surface area contributed by atoms with Crippen molar-refractivity contribution in [1.29, 1.82) is 0 Å². The van der Waals surface area contributed by atoms with Crippen molar-refractivity contribution in [2.45, 2.75) is 19.9 Å². The van der Waals surface area contributed by atoms with Gasteiger partial charge in [-0.1, -0.05) is 27.5 Å². The molecule has 6 nitrogen and oxygen atoms in total. The van der Waals surface area contributed by atoms with Gasteiger partial charge in [0, 0.05) is 16.1 Å². The Labute approximate surface area is 171 Å². The van der Waals surface area contributed by atoms with Crippen LogP contribution in [0.25, 0.3) is 0 Å². The predicted molar refractivity (Wildman–Crippen MR) is 109 cm³/mol. The van der Waals surface area contributed by atoms with Gasteiger partial charge in [0.15, 0.2) is 18.1 Å². The number of carbonyl (C=O) groups is 2. The Morgan fingerprint density at radius 2 is 1.89 bits per heavy atom. The van der Waals surface area contributed by atoms with E-state index in [0.29, 0.717) is 27.8 Å². The van der Waals surface area contributed by atoms with Crippen molar-refractivity contribution in [3.8, 4) is 11.5 Å². The Bertz CT molecular complexity index is 842. The summed E-state index contributed by atoms with van der Waals surface area (Å²) in [6.07, 6.45) is 0. The summed E-state index contributed by atoms with van der Waals surface area (Å²) in [5, 5.41) is 5.89. The third-order valence-corrected chi connectivity index (χ3v) is 4.22. The molecule has 0 spiro atoms. The fraction of sp³-hybridized carbons (Fsp3) is 0.263. The highest BCUT2D eigenvalue weighted by molar-refractivity contribution is 9.10. The van der Waals surface area contributed by atoms with Gasteiger partial charge < -0.3 is 20.1 Å². The third kappa shape index (κ3) is 6.15. The van der Waals surface area contributed by atoms with Gasteiger partial charge in [0.05, 0.1) is 17.8 Å². The number of halogens is 2. The molecule has 27 heavy (non-hydrogen) atoms. The van der Waals surface area contributed by atoms with Crippen molar-refractivity contribution in [2.24, 2.45) is 0 Å². The van der Waals surface area contributed by atoms with Gasteiger partial charge in [0.1, 0.15) is 0 Å². The van der Waals surface area contributed by atoms with E-state index in [1.807, 2.05) is 13.8 Å². The number of ether oxygens (including phenoxy) is 2. The third-order valence-electron chi connectivity index (χ3n) is 3.41. The van der Waals surface area contributed by atoms with Gasteiger partial charge in [-0.25, -0.2) is 0 Å². The normalized spacial score (nSPS) is 10.4. The zero-order valence-corrected chi connectivity index (χ0v) is 17.5. The first-order valence-corrected chi connectivity index (χ1v) is 9.34. The highest BCUT2D eigenvalue weighted by Crippen LogP contribution is 2.30. The molecule has 0 aliphatic rings. The van der Waals surface area contributed by atoms with Crippen LogP contribution in [-0.2, 0) is 4.79 Å². The number of carbonyl (C=O) groups excluding carboxylic acids is 2. The van der Waals surface area contributed by atoms with Gasteiger partial charge in [0.25, 0.3) is 11.8 Å². The molecule has 0 fully saturated rings.